The van der Waals surface area contributed by atoms with Gasteiger partial charge in [0.2, 0.25) is 17.7 Å². The number of anilines is 2. The smallest absolute Gasteiger partial charge is 0.252 e. The van der Waals surface area contributed by atoms with Crippen LogP contribution in [0.1, 0.15) is 42.7 Å². The highest BCUT2D eigenvalue weighted by Crippen LogP contribution is 2.48. The van der Waals surface area contributed by atoms with Gasteiger partial charge in [-0.05, 0) is 48.4 Å². The Labute approximate surface area is 265 Å². The summed E-state index contributed by atoms with van der Waals surface area (Å²) in [5.41, 5.74) is -1.71. The molecule has 2 atom stereocenters. The molecule has 2 aromatic carbocycles. The molecule has 2 N–H and O–H groups in total. The van der Waals surface area contributed by atoms with E-state index in [-0.39, 0.29) is 52.0 Å². The molecular formula is C32H24ClF3N6O4. The minimum absolute atomic E-state index is 0.0486. The van der Waals surface area contributed by atoms with Crippen LogP contribution in [0.25, 0.3) is 11.5 Å². The molecule has 6 rings (SSSR count). The van der Waals surface area contributed by atoms with Crippen molar-refractivity contribution in [2.24, 2.45) is 0 Å². The Balaban J connectivity index is 1.52. The number of amides is 3. The average molecular weight is 649 g/mol. The summed E-state index contributed by atoms with van der Waals surface area (Å²) in [6, 6.07) is 13.5. The minimum atomic E-state index is -2.96. The summed E-state index contributed by atoms with van der Waals surface area (Å²) in [5.74, 6) is -7.63. The summed E-state index contributed by atoms with van der Waals surface area (Å²) in [5, 5.41) is 14.9. The highest BCUT2D eigenvalue weighted by atomic mass is 35.5. The van der Waals surface area contributed by atoms with Gasteiger partial charge < -0.3 is 15.1 Å². The van der Waals surface area contributed by atoms with Gasteiger partial charge in [0.1, 0.15) is 23.4 Å². The molecule has 0 bridgehead atoms. The van der Waals surface area contributed by atoms with Gasteiger partial charge in [-0.15, -0.1) is 0 Å². The fourth-order valence-electron chi connectivity index (χ4n) is 6.07. The molecule has 234 valence electrons. The summed E-state index contributed by atoms with van der Waals surface area (Å²) < 4.78 is 47.7. The summed E-state index contributed by atoms with van der Waals surface area (Å²) in [4.78, 5) is 52.0. The second-order valence-electron chi connectivity index (χ2n) is 11.1. The number of hydrogen-bond acceptors (Lipinski definition) is 7. The second kappa shape index (κ2) is 11.9. The number of hydrogen-bond donors (Lipinski definition) is 2. The first-order chi connectivity index (χ1) is 22.0. The Morgan fingerprint density at radius 2 is 1.89 bits per heavy atom. The molecule has 46 heavy (non-hydrogen) atoms. The van der Waals surface area contributed by atoms with E-state index in [0.29, 0.717) is 0 Å². The Bertz CT molecular complexity index is 1870. The van der Waals surface area contributed by atoms with Crippen molar-refractivity contribution in [3.8, 4) is 17.5 Å². The van der Waals surface area contributed by atoms with E-state index in [2.05, 4.69) is 20.6 Å². The van der Waals surface area contributed by atoms with Crippen LogP contribution in [0.5, 0.6) is 0 Å². The SMILES string of the molecule is N#Cc1ccnc(N2C(=O)CCC2(C(=O)Nc2cc(F)cc(-c3ncco3)c2)[C@@H](C(=O)NC2CC(F)(F)C2)c2ccccc2Cl)c1. The topological polar surface area (TPSA) is 141 Å². The van der Waals surface area contributed by atoms with Gasteiger partial charge in [-0.3, -0.25) is 19.3 Å². The summed E-state index contributed by atoms with van der Waals surface area (Å²) >= 11 is 6.61. The minimum Gasteiger partial charge on any atom is -0.445 e. The number of carbonyl (C=O) groups is 3. The number of rotatable bonds is 8. The first-order valence-corrected chi connectivity index (χ1v) is 14.5. The molecule has 1 unspecified atom stereocenters. The normalized spacial score (nSPS) is 19.6. The van der Waals surface area contributed by atoms with Gasteiger partial charge in [0, 0.05) is 47.8 Å². The molecule has 1 aliphatic carbocycles. The fraction of sp³-hybridized carbons (Fsp3) is 0.250. The summed E-state index contributed by atoms with van der Waals surface area (Å²) in [6.45, 7) is 0. The molecule has 0 spiro atoms. The van der Waals surface area contributed by atoms with Crippen LogP contribution in [0.15, 0.2) is 77.7 Å². The third kappa shape index (κ3) is 5.67. The van der Waals surface area contributed by atoms with E-state index in [4.69, 9.17) is 16.0 Å². The number of nitriles is 1. The van der Waals surface area contributed by atoms with Crippen LogP contribution in [0, 0.1) is 17.1 Å². The fourth-order valence-corrected chi connectivity index (χ4v) is 6.31. The Kier molecular flexibility index (Phi) is 7.99. The first kappa shape index (κ1) is 30.8. The van der Waals surface area contributed by atoms with Crippen molar-refractivity contribution in [1.82, 2.24) is 15.3 Å². The second-order valence-corrected chi connectivity index (χ2v) is 11.5. The zero-order chi connectivity index (χ0) is 32.6. The van der Waals surface area contributed by atoms with Crippen LogP contribution in [0.3, 0.4) is 0 Å². The van der Waals surface area contributed by atoms with Gasteiger partial charge in [-0.2, -0.15) is 5.26 Å². The largest absolute Gasteiger partial charge is 0.445 e. The van der Waals surface area contributed by atoms with Gasteiger partial charge >= 0.3 is 0 Å². The van der Waals surface area contributed by atoms with Crippen molar-refractivity contribution >= 4 is 40.8 Å². The zero-order valence-corrected chi connectivity index (χ0v) is 24.6. The lowest BCUT2D eigenvalue weighted by atomic mass is 9.74. The lowest BCUT2D eigenvalue weighted by Crippen LogP contribution is -2.63. The lowest BCUT2D eigenvalue weighted by Gasteiger charge is -2.43. The van der Waals surface area contributed by atoms with E-state index < -0.39 is 59.8 Å². The van der Waals surface area contributed by atoms with E-state index in [0.717, 1.165) is 17.0 Å². The number of aromatic nitrogens is 2. The maximum Gasteiger partial charge on any atom is 0.252 e. The molecule has 1 saturated carbocycles. The molecule has 2 aliphatic rings. The van der Waals surface area contributed by atoms with Crippen LogP contribution < -0.4 is 15.5 Å². The number of nitrogens with zero attached hydrogens (tertiary/aromatic N) is 4. The number of benzene rings is 2. The van der Waals surface area contributed by atoms with E-state index >= 15 is 0 Å². The number of halogens is 4. The molecule has 3 heterocycles. The van der Waals surface area contributed by atoms with Gasteiger partial charge in [0.25, 0.3) is 11.8 Å². The van der Waals surface area contributed by atoms with Crippen molar-refractivity contribution in [2.75, 3.05) is 10.2 Å². The van der Waals surface area contributed by atoms with E-state index in [1.54, 1.807) is 12.1 Å². The van der Waals surface area contributed by atoms with Crippen LogP contribution in [-0.4, -0.2) is 45.2 Å². The molecule has 3 amide bonds. The molecule has 1 saturated heterocycles. The molecule has 4 aromatic rings. The quantitative estimate of drug-likeness (QED) is 0.253. The van der Waals surface area contributed by atoms with E-state index in [1.165, 1.54) is 49.0 Å². The highest BCUT2D eigenvalue weighted by molar-refractivity contribution is 6.32. The summed E-state index contributed by atoms with van der Waals surface area (Å²) in [6.07, 6.45) is 2.25. The third-order valence-corrected chi connectivity index (χ3v) is 8.44. The molecular weight excluding hydrogens is 625 g/mol. The maximum absolute atomic E-state index is 14.8. The van der Waals surface area contributed by atoms with Crippen LogP contribution in [0.2, 0.25) is 5.02 Å². The molecule has 0 radical (unpaired) electrons. The predicted molar refractivity (Wildman–Crippen MR) is 159 cm³/mol. The number of alkyl halides is 2. The molecule has 2 fully saturated rings. The Hall–Kier alpha value is -5.22. The molecule has 14 heteroatoms. The average Bonchev–Trinajstić information content (AvgIpc) is 3.66. The number of pyridine rings is 1. The Morgan fingerprint density at radius 3 is 2.59 bits per heavy atom. The van der Waals surface area contributed by atoms with Crippen molar-refractivity contribution in [1.29, 1.82) is 5.26 Å². The lowest BCUT2D eigenvalue weighted by molar-refractivity contribution is -0.136. The van der Waals surface area contributed by atoms with Gasteiger partial charge in [0.05, 0.1) is 23.7 Å². The maximum atomic E-state index is 14.8. The van der Waals surface area contributed by atoms with Crippen molar-refractivity contribution in [2.45, 2.75) is 49.1 Å². The van der Waals surface area contributed by atoms with E-state index in [1.807, 2.05) is 6.07 Å². The van der Waals surface area contributed by atoms with Crippen LogP contribution in [-0.2, 0) is 14.4 Å². The van der Waals surface area contributed by atoms with E-state index in [9.17, 15) is 32.8 Å². The number of carbonyl (C=O) groups excluding carboxylic acids is 3. The summed E-state index contributed by atoms with van der Waals surface area (Å²) in [7, 11) is 0. The molecule has 2 aromatic heterocycles. The van der Waals surface area contributed by atoms with Gasteiger partial charge in [-0.1, -0.05) is 29.8 Å². The predicted octanol–water partition coefficient (Wildman–Crippen LogP) is 5.60. The van der Waals surface area contributed by atoms with Crippen molar-refractivity contribution < 1.29 is 32.0 Å². The number of oxazole rings is 1. The third-order valence-electron chi connectivity index (χ3n) is 8.09. The zero-order valence-electron chi connectivity index (χ0n) is 23.8. The van der Waals surface area contributed by atoms with Crippen molar-refractivity contribution in [3.05, 3.63) is 95.2 Å². The first-order valence-electron chi connectivity index (χ1n) is 14.1. The van der Waals surface area contributed by atoms with Crippen LogP contribution in [0.4, 0.5) is 24.7 Å². The Morgan fingerprint density at radius 1 is 1.11 bits per heavy atom. The van der Waals surface area contributed by atoms with Crippen molar-refractivity contribution in [3.63, 3.8) is 0 Å². The molecule has 1 aliphatic heterocycles. The molecule has 10 nitrogen and oxygen atoms in total. The van der Waals surface area contributed by atoms with Gasteiger partial charge in [0.15, 0.2) is 0 Å². The monoisotopic (exact) mass is 648 g/mol. The highest BCUT2D eigenvalue weighted by Gasteiger charge is 2.61. The number of nitrogens with one attached hydrogen (secondary N) is 2. The standard InChI is InChI=1S/C32H24ClF3N6O4/c33-24-4-2-1-3-23(24)27(28(44)40-22-15-31(35,36)16-22)32(7-5-26(43)42(32)25-11-18(17-37)6-8-38-25)30(45)41-21-13-19(12-20(34)14-21)29-39-9-10-46-29/h1-4,6,8-14,22,27H,5,7,15-16H2,(H,40,44)(H,41,45)/t27-,32?/m1/s1. The van der Waals surface area contributed by atoms with Crippen LogP contribution >= 0.6 is 11.6 Å². The van der Waals surface area contributed by atoms with Gasteiger partial charge in [-0.25, -0.2) is 23.1 Å².